The molecule has 0 saturated carbocycles. The third-order valence-electron chi connectivity index (χ3n) is 2.02. The molecular formula is C12H16ClNO3S. The van der Waals surface area contributed by atoms with Gasteiger partial charge in [0.05, 0.1) is 9.90 Å². The zero-order valence-corrected chi connectivity index (χ0v) is 12.3. The van der Waals surface area contributed by atoms with E-state index in [1.807, 2.05) is 12.3 Å². The number of hydrogen-bond donors (Lipinski definition) is 1. The number of amides is 1. The summed E-state index contributed by atoms with van der Waals surface area (Å²) in [6.07, 6.45) is 0.00266. The zero-order chi connectivity index (χ0) is 13.9. The third-order valence-corrected chi connectivity index (χ3v) is 3.81. The number of carbonyl (C=O) groups excluding carboxylic acids is 2. The van der Waals surface area contributed by atoms with Crippen LogP contribution in [-0.2, 0) is 9.53 Å². The summed E-state index contributed by atoms with van der Waals surface area (Å²) < 4.78 is 5.09. The maximum absolute atomic E-state index is 11.6. The molecule has 0 saturated heterocycles. The van der Waals surface area contributed by atoms with E-state index >= 15 is 0 Å². The molecule has 0 aliphatic carbocycles. The quantitative estimate of drug-likeness (QED) is 0.867. The van der Waals surface area contributed by atoms with Crippen molar-refractivity contribution in [1.29, 1.82) is 0 Å². The van der Waals surface area contributed by atoms with Gasteiger partial charge < -0.3 is 14.8 Å². The number of alkyl carbamates (subject to hydrolysis) is 1. The summed E-state index contributed by atoms with van der Waals surface area (Å²) in [6.45, 7) is 7.11. The first-order valence-electron chi connectivity index (χ1n) is 5.43. The van der Waals surface area contributed by atoms with E-state index in [0.717, 1.165) is 5.56 Å². The first kappa shape index (κ1) is 15.0. The Morgan fingerprint density at radius 1 is 1.56 bits per heavy atom. The summed E-state index contributed by atoms with van der Waals surface area (Å²) in [6, 6.07) is -0.772. The maximum Gasteiger partial charge on any atom is 0.408 e. The van der Waals surface area contributed by atoms with Crippen molar-refractivity contribution in [2.24, 2.45) is 0 Å². The van der Waals surface area contributed by atoms with Gasteiger partial charge in [-0.3, -0.25) is 0 Å². The number of aldehydes is 1. The molecule has 0 aliphatic heterocycles. The van der Waals surface area contributed by atoms with Gasteiger partial charge in [0.1, 0.15) is 17.9 Å². The van der Waals surface area contributed by atoms with Gasteiger partial charge in [-0.05, 0) is 38.6 Å². The van der Waals surface area contributed by atoms with Gasteiger partial charge in [0.25, 0.3) is 0 Å². The molecule has 0 aromatic carbocycles. The SMILES string of the molecule is Cc1csc(C(C=O)NC(=O)OC(C)(C)C)c1Cl. The van der Waals surface area contributed by atoms with Crippen LogP contribution in [0.2, 0.25) is 5.02 Å². The van der Waals surface area contributed by atoms with Crippen molar-refractivity contribution in [1.82, 2.24) is 5.32 Å². The highest BCUT2D eigenvalue weighted by molar-refractivity contribution is 7.11. The van der Waals surface area contributed by atoms with Crippen LogP contribution in [0.1, 0.15) is 37.3 Å². The monoisotopic (exact) mass is 289 g/mol. The molecule has 1 rings (SSSR count). The van der Waals surface area contributed by atoms with Crippen molar-refractivity contribution in [3.05, 3.63) is 20.8 Å². The van der Waals surface area contributed by atoms with Crippen molar-refractivity contribution in [3.63, 3.8) is 0 Å². The summed E-state index contributed by atoms with van der Waals surface area (Å²) in [5, 5.41) is 4.84. The molecule has 0 spiro atoms. The Kier molecular flexibility index (Phi) is 4.76. The fourth-order valence-electron chi connectivity index (χ4n) is 1.26. The molecule has 1 unspecified atom stereocenters. The van der Waals surface area contributed by atoms with Crippen LogP contribution in [0, 0.1) is 6.92 Å². The fourth-order valence-corrected chi connectivity index (χ4v) is 2.57. The second-order valence-corrected chi connectivity index (χ2v) is 6.15. The average Bonchev–Trinajstić information content (AvgIpc) is 2.54. The van der Waals surface area contributed by atoms with E-state index in [0.29, 0.717) is 16.2 Å². The lowest BCUT2D eigenvalue weighted by molar-refractivity contribution is -0.109. The summed E-state index contributed by atoms with van der Waals surface area (Å²) in [7, 11) is 0. The van der Waals surface area contributed by atoms with Gasteiger partial charge in [-0.15, -0.1) is 11.3 Å². The Bertz CT molecular complexity index is 451. The minimum atomic E-state index is -0.772. The highest BCUT2D eigenvalue weighted by Gasteiger charge is 2.23. The van der Waals surface area contributed by atoms with Gasteiger partial charge in [-0.25, -0.2) is 4.79 Å². The average molecular weight is 290 g/mol. The highest BCUT2D eigenvalue weighted by atomic mass is 35.5. The number of nitrogens with one attached hydrogen (secondary N) is 1. The van der Waals surface area contributed by atoms with Crippen molar-refractivity contribution in [2.45, 2.75) is 39.3 Å². The number of carbonyl (C=O) groups is 2. The first-order chi connectivity index (χ1) is 8.24. The second kappa shape index (κ2) is 5.71. The Hall–Kier alpha value is -1.07. The van der Waals surface area contributed by atoms with Crippen molar-refractivity contribution >= 4 is 35.3 Å². The Morgan fingerprint density at radius 3 is 2.56 bits per heavy atom. The lowest BCUT2D eigenvalue weighted by Crippen LogP contribution is -2.35. The van der Waals surface area contributed by atoms with Gasteiger partial charge in [0, 0.05) is 0 Å². The van der Waals surface area contributed by atoms with Gasteiger partial charge >= 0.3 is 6.09 Å². The van der Waals surface area contributed by atoms with E-state index in [4.69, 9.17) is 16.3 Å². The van der Waals surface area contributed by atoms with Crippen molar-refractivity contribution < 1.29 is 14.3 Å². The molecule has 1 atom stereocenters. The standard InChI is InChI=1S/C12H16ClNO3S/c1-7-6-18-10(9(7)13)8(5-15)14-11(16)17-12(2,3)4/h5-6,8H,1-4H3,(H,14,16). The Balaban J connectivity index is 2.77. The van der Waals surface area contributed by atoms with Crippen LogP contribution in [-0.4, -0.2) is 18.0 Å². The van der Waals surface area contributed by atoms with Crippen molar-refractivity contribution in [3.8, 4) is 0 Å². The number of aryl methyl sites for hydroxylation is 1. The minimum absolute atomic E-state index is 0.508. The zero-order valence-electron chi connectivity index (χ0n) is 10.7. The van der Waals surface area contributed by atoms with Crippen LogP contribution in [0.15, 0.2) is 5.38 Å². The summed E-state index contributed by atoms with van der Waals surface area (Å²) in [5.41, 5.74) is 0.279. The maximum atomic E-state index is 11.6. The van der Waals surface area contributed by atoms with Crippen LogP contribution < -0.4 is 5.32 Å². The van der Waals surface area contributed by atoms with Crippen molar-refractivity contribution in [2.75, 3.05) is 0 Å². The third kappa shape index (κ3) is 3.99. The summed E-state index contributed by atoms with van der Waals surface area (Å²) >= 11 is 7.39. The first-order valence-corrected chi connectivity index (χ1v) is 6.68. The molecule has 1 aromatic heterocycles. The smallest absolute Gasteiger partial charge is 0.408 e. The number of ether oxygens (including phenoxy) is 1. The number of halogens is 1. The molecule has 0 fully saturated rings. The molecule has 100 valence electrons. The molecule has 0 bridgehead atoms. The lowest BCUT2D eigenvalue weighted by atomic mass is 10.2. The summed E-state index contributed by atoms with van der Waals surface area (Å²) in [4.78, 5) is 23.3. The molecule has 1 heterocycles. The predicted molar refractivity (Wildman–Crippen MR) is 72.2 cm³/mol. The van der Waals surface area contributed by atoms with E-state index in [-0.39, 0.29) is 0 Å². The molecule has 18 heavy (non-hydrogen) atoms. The van der Waals surface area contributed by atoms with Gasteiger partial charge in [-0.1, -0.05) is 11.6 Å². The minimum Gasteiger partial charge on any atom is -0.444 e. The molecule has 1 N–H and O–H groups in total. The fraction of sp³-hybridized carbons (Fsp3) is 0.500. The van der Waals surface area contributed by atoms with Crippen LogP contribution in [0.4, 0.5) is 4.79 Å². The van der Waals surface area contributed by atoms with E-state index in [1.54, 1.807) is 20.8 Å². The molecule has 0 radical (unpaired) electrons. The van der Waals surface area contributed by atoms with Crippen LogP contribution in [0.3, 0.4) is 0 Å². The molecule has 1 aromatic rings. The van der Waals surface area contributed by atoms with Gasteiger partial charge in [0.2, 0.25) is 0 Å². The number of thiophene rings is 1. The molecule has 6 heteroatoms. The van der Waals surface area contributed by atoms with Gasteiger partial charge in [-0.2, -0.15) is 0 Å². The normalized spacial score (nSPS) is 12.9. The lowest BCUT2D eigenvalue weighted by Gasteiger charge is -2.21. The summed E-state index contributed by atoms with van der Waals surface area (Å²) in [5.74, 6) is 0. The second-order valence-electron chi connectivity index (χ2n) is 4.86. The largest absolute Gasteiger partial charge is 0.444 e. The topological polar surface area (TPSA) is 55.4 Å². The molecular weight excluding hydrogens is 274 g/mol. The van der Waals surface area contributed by atoms with Crippen LogP contribution in [0.25, 0.3) is 0 Å². The predicted octanol–water partition coefficient (Wildman–Crippen LogP) is 3.47. The van der Waals surface area contributed by atoms with E-state index in [9.17, 15) is 9.59 Å². The molecule has 1 amide bonds. The Morgan fingerprint density at radius 2 is 2.17 bits per heavy atom. The molecule has 4 nitrogen and oxygen atoms in total. The van der Waals surface area contributed by atoms with Gasteiger partial charge in [0.15, 0.2) is 0 Å². The van der Waals surface area contributed by atoms with Crippen LogP contribution >= 0.6 is 22.9 Å². The van der Waals surface area contributed by atoms with E-state index in [1.165, 1.54) is 11.3 Å². The highest BCUT2D eigenvalue weighted by Crippen LogP contribution is 2.31. The van der Waals surface area contributed by atoms with E-state index < -0.39 is 17.7 Å². The molecule has 0 aliphatic rings. The Labute approximate surface area is 115 Å². The number of hydrogen-bond acceptors (Lipinski definition) is 4. The van der Waals surface area contributed by atoms with Crippen LogP contribution in [0.5, 0.6) is 0 Å². The number of rotatable bonds is 3. The van der Waals surface area contributed by atoms with E-state index in [2.05, 4.69) is 5.32 Å².